The third-order valence-corrected chi connectivity index (χ3v) is 5.40. The Balaban J connectivity index is 1.79. The van der Waals surface area contributed by atoms with Crippen LogP contribution in [0, 0.1) is 0 Å². The molecule has 5 heteroatoms. The number of aromatic nitrogens is 2. The van der Waals surface area contributed by atoms with Crippen LogP contribution in [0.4, 0.5) is 5.69 Å². The fourth-order valence-electron chi connectivity index (χ4n) is 3.69. The maximum absolute atomic E-state index is 6.12. The quantitative estimate of drug-likeness (QED) is 0.474. The molecular formula is C25H28N4O. The molecule has 0 spiro atoms. The Labute approximate surface area is 177 Å². The van der Waals surface area contributed by atoms with Gasteiger partial charge in [-0.05, 0) is 43.7 Å². The summed E-state index contributed by atoms with van der Waals surface area (Å²) >= 11 is 0. The fraction of sp³-hybridized carbons (Fsp3) is 0.240. The van der Waals surface area contributed by atoms with Crippen LogP contribution in [0.1, 0.15) is 25.1 Å². The van der Waals surface area contributed by atoms with Gasteiger partial charge in [0.1, 0.15) is 11.4 Å². The number of hydrogen-bond acceptors (Lipinski definition) is 4. The molecular weight excluding hydrogens is 372 g/mol. The van der Waals surface area contributed by atoms with Crippen LogP contribution in [0.15, 0.2) is 72.9 Å². The lowest BCUT2D eigenvalue weighted by atomic mass is 10.1. The van der Waals surface area contributed by atoms with Gasteiger partial charge in [0.15, 0.2) is 0 Å². The molecule has 0 aliphatic rings. The van der Waals surface area contributed by atoms with E-state index in [1.807, 2.05) is 36.5 Å². The van der Waals surface area contributed by atoms with Crippen LogP contribution in [0.25, 0.3) is 16.9 Å². The lowest BCUT2D eigenvalue weighted by Crippen LogP contribution is -2.30. The minimum atomic E-state index is 0.370. The van der Waals surface area contributed by atoms with Gasteiger partial charge in [0.05, 0.1) is 18.5 Å². The number of pyridine rings is 1. The number of nitrogens with two attached hydrogens (primary N) is 1. The number of anilines is 1. The fourth-order valence-corrected chi connectivity index (χ4v) is 3.69. The number of hydrogen-bond donors (Lipinski definition) is 1. The summed E-state index contributed by atoms with van der Waals surface area (Å²) in [6.45, 7) is 6.08. The largest absolute Gasteiger partial charge is 0.497 e. The van der Waals surface area contributed by atoms with Crippen molar-refractivity contribution in [1.29, 1.82) is 0 Å². The molecule has 2 aromatic heterocycles. The second kappa shape index (κ2) is 8.59. The Hall–Kier alpha value is -3.31. The summed E-state index contributed by atoms with van der Waals surface area (Å²) in [6, 6.07) is 22.9. The topological polar surface area (TPSA) is 55.8 Å². The van der Waals surface area contributed by atoms with Gasteiger partial charge < -0.3 is 14.9 Å². The number of fused-ring (bicyclic) bond motifs is 1. The van der Waals surface area contributed by atoms with Gasteiger partial charge in [-0.15, -0.1) is 0 Å². The van der Waals surface area contributed by atoms with Crippen LogP contribution < -0.4 is 10.5 Å². The zero-order valence-corrected chi connectivity index (χ0v) is 17.7. The SMILES string of the molecule is COc1cccc(-c2nc3ccc(N)cn3c2CN(Cc2ccccc2)C(C)C)c1. The molecule has 4 rings (SSSR count). The Morgan fingerprint density at radius 1 is 1.00 bits per heavy atom. The number of nitrogens with zero attached hydrogens (tertiary/aromatic N) is 3. The molecule has 0 saturated carbocycles. The first-order chi connectivity index (χ1) is 14.5. The van der Waals surface area contributed by atoms with Crippen molar-refractivity contribution in [2.45, 2.75) is 33.0 Å². The number of methoxy groups -OCH3 is 1. The van der Waals surface area contributed by atoms with Crippen LogP contribution in [-0.2, 0) is 13.1 Å². The van der Waals surface area contributed by atoms with E-state index in [2.05, 4.69) is 59.5 Å². The van der Waals surface area contributed by atoms with E-state index in [0.717, 1.165) is 47.1 Å². The minimum Gasteiger partial charge on any atom is -0.497 e. The molecule has 4 aromatic rings. The van der Waals surface area contributed by atoms with Crippen molar-refractivity contribution in [1.82, 2.24) is 14.3 Å². The van der Waals surface area contributed by atoms with E-state index >= 15 is 0 Å². The molecule has 0 saturated heterocycles. The van der Waals surface area contributed by atoms with Crippen LogP contribution >= 0.6 is 0 Å². The molecule has 2 N–H and O–H groups in total. The van der Waals surface area contributed by atoms with Gasteiger partial charge in [-0.1, -0.05) is 42.5 Å². The van der Waals surface area contributed by atoms with Crippen LogP contribution in [-0.4, -0.2) is 27.4 Å². The van der Waals surface area contributed by atoms with Crippen molar-refractivity contribution >= 4 is 11.3 Å². The predicted octanol–water partition coefficient (Wildman–Crippen LogP) is 5.00. The normalized spacial score (nSPS) is 11.5. The molecule has 0 bridgehead atoms. The highest BCUT2D eigenvalue weighted by Gasteiger charge is 2.19. The molecule has 0 amide bonds. The third-order valence-electron chi connectivity index (χ3n) is 5.40. The lowest BCUT2D eigenvalue weighted by molar-refractivity contribution is 0.201. The summed E-state index contributed by atoms with van der Waals surface area (Å²) in [7, 11) is 1.69. The summed E-state index contributed by atoms with van der Waals surface area (Å²) in [5.74, 6) is 0.819. The van der Waals surface area contributed by atoms with Gasteiger partial charge in [-0.3, -0.25) is 4.90 Å². The van der Waals surface area contributed by atoms with Crippen molar-refractivity contribution < 1.29 is 4.74 Å². The zero-order valence-electron chi connectivity index (χ0n) is 17.7. The summed E-state index contributed by atoms with van der Waals surface area (Å²) in [6.07, 6.45) is 1.96. The Morgan fingerprint density at radius 3 is 2.53 bits per heavy atom. The zero-order chi connectivity index (χ0) is 21.1. The second-order valence-corrected chi connectivity index (χ2v) is 7.81. The van der Waals surface area contributed by atoms with E-state index in [-0.39, 0.29) is 0 Å². The Kier molecular flexibility index (Phi) is 5.72. The van der Waals surface area contributed by atoms with Gasteiger partial charge in [-0.25, -0.2) is 4.98 Å². The van der Waals surface area contributed by atoms with Gasteiger partial charge in [0, 0.05) is 36.6 Å². The van der Waals surface area contributed by atoms with Crippen LogP contribution in [0.5, 0.6) is 5.75 Å². The van der Waals surface area contributed by atoms with Gasteiger partial charge in [0.25, 0.3) is 0 Å². The molecule has 30 heavy (non-hydrogen) atoms. The highest BCUT2D eigenvalue weighted by Crippen LogP contribution is 2.29. The summed E-state index contributed by atoms with van der Waals surface area (Å²) in [4.78, 5) is 7.39. The standard InChI is InChI=1S/C25H28N4O/c1-18(2)28(15-19-8-5-4-6-9-19)17-23-25(20-10-7-11-22(14-20)30-3)27-24-13-12-21(26)16-29(23)24/h4-14,16,18H,15,17,26H2,1-3H3. The van der Waals surface area contributed by atoms with Gasteiger partial charge in [0.2, 0.25) is 0 Å². The Morgan fingerprint density at radius 2 is 1.80 bits per heavy atom. The molecule has 0 aliphatic carbocycles. The first kappa shape index (κ1) is 20.0. The van der Waals surface area contributed by atoms with Crippen molar-refractivity contribution in [2.75, 3.05) is 12.8 Å². The van der Waals surface area contributed by atoms with E-state index < -0.39 is 0 Å². The van der Waals surface area contributed by atoms with E-state index in [1.165, 1.54) is 5.56 Å². The maximum atomic E-state index is 6.12. The average Bonchev–Trinajstić information content (AvgIpc) is 3.11. The van der Waals surface area contributed by atoms with Crippen molar-refractivity contribution in [3.05, 3.63) is 84.2 Å². The second-order valence-electron chi connectivity index (χ2n) is 7.81. The molecule has 5 nitrogen and oxygen atoms in total. The highest BCUT2D eigenvalue weighted by atomic mass is 16.5. The lowest BCUT2D eigenvalue weighted by Gasteiger charge is -2.27. The molecule has 154 valence electrons. The average molecular weight is 401 g/mol. The minimum absolute atomic E-state index is 0.370. The summed E-state index contributed by atoms with van der Waals surface area (Å²) < 4.78 is 7.56. The third kappa shape index (κ3) is 4.16. The van der Waals surface area contributed by atoms with E-state index in [4.69, 9.17) is 15.5 Å². The highest BCUT2D eigenvalue weighted by molar-refractivity contribution is 5.68. The monoisotopic (exact) mass is 400 g/mol. The predicted molar refractivity (Wildman–Crippen MR) is 122 cm³/mol. The number of rotatable bonds is 7. The number of imidazole rings is 1. The summed E-state index contributed by atoms with van der Waals surface area (Å²) in [5.41, 5.74) is 12.1. The molecule has 0 fully saturated rings. The number of nitrogen functional groups attached to an aromatic ring is 1. The number of benzene rings is 2. The van der Waals surface area contributed by atoms with Gasteiger partial charge in [-0.2, -0.15) is 0 Å². The van der Waals surface area contributed by atoms with Crippen LogP contribution in [0.2, 0.25) is 0 Å². The first-order valence-electron chi connectivity index (χ1n) is 10.2. The first-order valence-corrected chi connectivity index (χ1v) is 10.2. The van der Waals surface area contributed by atoms with Crippen molar-refractivity contribution in [2.24, 2.45) is 0 Å². The molecule has 0 unspecified atom stereocenters. The summed E-state index contributed by atoms with van der Waals surface area (Å²) in [5, 5.41) is 0. The van der Waals surface area contributed by atoms with Crippen molar-refractivity contribution in [3.8, 4) is 17.0 Å². The van der Waals surface area contributed by atoms with E-state index in [0.29, 0.717) is 6.04 Å². The van der Waals surface area contributed by atoms with Crippen molar-refractivity contribution in [3.63, 3.8) is 0 Å². The van der Waals surface area contributed by atoms with Gasteiger partial charge >= 0.3 is 0 Å². The number of ether oxygens (including phenoxy) is 1. The Bertz CT molecular complexity index is 1130. The van der Waals surface area contributed by atoms with E-state index in [9.17, 15) is 0 Å². The maximum Gasteiger partial charge on any atom is 0.137 e. The molecule has 0 aliphatic heterocycles. The molecule has 2 heterocycles. The molecule has 2 aromatic carbocycles. The smallest absolute Gasteiger partial charge is 0.137 e. The van der Waals surface area contributed by atoms with E-state index in [1.54, 1.807) is 7.11 Å². The molecule has 0 radical (unpaired) electrons. The van der Waals surface area contributed by atoms with Crippen LogP contribution in [0.3, 0.4) is 0 Å². The molecule has 0 atom stereocenters.